The van der Waals surface area contributed by atoms with E-state index in [0.29, 0.717) is 11.3 Å². The molecule has 2 amide bonds. The van der Waals surface area contributed by atoms with E-state index in [1.165, 1.54) is 36.0 Å². The largest absolute Gasteiger partial charge is 0.324 e. The van der Waals surface area contributed by atoms with Gasteiger partial charge >= 0.3 is 0 Å². The summed E-state index contributed by atoms with van der Waals surface area (Å²) in [5.41, 5.74) is 2.63. The minimum atomic E-state index is -0.486. The number of hydrogen-bond donors (Lipinski definition) is 2. The third-order valence-corrected chi connectivity index (χ3v) is 7.13. The first kappa shape index (κ1) is 24.3. The Kier molecular flexibility index (Phi) is 7.28. The van der Waals surface area contributed by atoms with E-state index in [1.807, 2.05) is 84.9 Å². The number of halogens is 1. The summed E-state index contributed by atoms with van der Waals surface area (Å²) < 4.78 is 13.1. The molecule has 37 heavy (non-hydrogen) atoms. The molecule has 0 spiro atoms. The summed E-state index contributed by atoms with van der Waals surface area (Å²) in [7, 11) is 0. The van der Waals surface area contributed by atoms with Crippen molar-refractivity contribution in [3.63, 3.8) is 0 Å². The number of hydrogen-bond acceptors (Lipinski definition) is 3. The van der Waals surface area contributed by atoms with Gasteiger partial charge in [-0.3, -0.25) is 9.59 Å². The lowest BCUT2D eigenvalue weighted by molar-refractivity contribution is -0.115. The Hall–Kier alpha value is -4.42. The molecule has 1 unspecified atom stereocenters. The van der Waals surface area contributed by atoms with Crippen LogP contribution < -0.4 is 10.6 Å². The van der Waals surface area contributed by atoms with Crippen LogP contribution in [0.1, 0.15) is 21.2 Å². The van der Waals surface area contributed by atoms with Crippen molar-refractivity contribution in [3.05, 3.63) is 138 Å². The van der Waals surface area contributed by atoms with Crippen molar-refractivity contribution in [3.8, 4) is 0 Å². The lowest BCUT2D eigenvalue weighted by Gasteiger charge is -2.18. The minimum absolute atomic E-state index is 0.124. The van der Waals surface area contributed by atoms with Crippen LogP contribution >= 0.6 is 11.8 Å². The maximum absolute atomic E-state index is 13.5. The summed E-state index contributed by atoms with van der Waals surface area (Å²) >= 11 is 1.43. The fourth-order valence-corrected chi connectivity index (χ4v) is 5.02. The first-order valence-electron chi connectivity index (χ1n) is 11.7. The lowest BCUT2D eigenvalue weighted by Crippen LogP contribution is -2.19. The molecule has 0 aromatic heterocycles. The quantitative estimate of drug-likeness (QED) is 0.222. The molecule has 5 aromatic rings. The SMILES string of the molecule is O=C(Nc1ccc(SC(C(=O)Nc2cccc3ccccc23)c2ccccc2)cc1)c1ccc(F)cc1. The van der Waals surface area contributed by atoms with Crippen molar-refractivity contribution in [2.75, 3.05) is 10.6 Å². The molecule has 1 atom stereocenters. The topological polar surface area (TPSA) is 58.2 Å². The molecule has 0 bridgehead atoms. The number of fused-ring (bicyclic) bond motifs is 1. The predicted molar refractivity (Wildman–Crippen MR) is 148 cm³/mol. The highest BCUT2D eigenvalue weighted by atomic mass is 32.2. The van der Waals surface area contributed by atoms with Gasteiger partial charge in [0, 0.05) is 27.2 Å². The van der Waals surface area contributed by atoms with Gasteiger partial charge in [-0.05, 0) is 65.5 Å². The number of amides is 2. The van der Waals surface area contributed by atoms with E-state index in [-0.39, 0.29) is 11.8 Å². The molecule has 0 saturated carbocycles. The van der Waals surface area contributed by atoms with Crippen LogP contribution in [-0.4, -0.2) is 11.8 Å². The molecule has 4 nitrogen and oxygen atoms in total. The monoisotopic (exact) mass is 506 g/mol. The fraction of sp³-hybridized carbons (Fsp3) is 0.0323. The van der Waals surface area contributed by atoms with E-state index in [1.54, 1.807) is 12.1 Å². The minimum Gasteiger partial charge on any atom is -0.324 e. The molecule has 5 rings (SSSR count). The smallest absolute Gasteiger partial charge is 0.255 e. The van der Waals surface area contributed by atoms with Gasteiger partial charge in [-0.15, -0.1) is 11.8 Å². The van der Waals surface area contributed by atoms with Gasteiger partial charge in [0.15, 0.2) is 0 Å². The Bertz CT molecular complexity index is 1530. The van der Waals surface area contributed by atoms with Gasteiger partial charge in [0.2, 0.25) is 5.91 Å². The van der Waals surface area contributed by atoms with Crippen LogP contribution in [0.25, 0.3) is 10.8 Å². The van der Waals surface area contributed by atoms with E-state index in [4.69, 9.17) is 0 Å². The fourth-order valence-electron chi connectivity index (χ4n) is 3.99. The van der Waals surface area contributed by atoms with Crippen LogP contribution in [0.15, 0.2) is 126 Å². The standard InChI is InChI=1S/C31H23FN2O2S/c32-24-15-13-23(14-16-24)30(35)33-25-17-19-26(20-18-25)37-29(22-8-2-1-3-9-22)31(36)34-28-12-6-10-21-7-4-5-11-27(21)28/h1-20,29H,(H,33,35)(H,34,36). The Labute approximate surface area is 218 Å². The average molecular weight is 507 g/mol. The Morgan fingerprint density at radius 1 is 0.676 bits per heavy atom. The molecule has 0 radical (unpaired) electrons. The number of carbonyl (C=O) groups is 2. The van der Waals surface area contributed by atoms with Gasteiger partial charge in [0.05, 0.1) is 0 Å². The van der Waals surface area contributed by atoms with E-state index < -0.39 is 11.1 Å². The number of benzene rings is 5. The van der Waals surface area contributed by atoms with E-state index >= 15 is 0 Å². The van der Waals surface area contributed by atoms with Crippen LogP contribution in [-0.2, 0) is 4.79 Å². The van der Waals surface area contributed by atoms with Crippen molar-refractivity contribution in [1.82, 2.24) is 0 Å². The van der Waals surface area contributed by atoms with Gasteiger partial charge in [0.1, 0.15) is 11.1 Å². The maximum atomic E-state index is 13.5. The van der Waals surface area contributed by atoms with Crippen LogP contribution in [0.4, 0.5) is 15.8 Å². The van der Waals surface area contributed by atoms with Gasteiger partial charge in [0.25, 0.3) is 5.91 Å². The zero-order valence-corrected chi connectivity index (χ0v) is 20.5. The second-order valence-electron chi connectivity index (χ2n) is 8.41. The third-order valence-electron chi connectivity index (χ3n) is 5.86. The second kappa shape index (κ2) is 11.1. The molecular weight excluding hydrogens is 483 g/mol. The molecule has 2 N–H and O–H groups in total. The summed E-state index contributed by atoms with van der Waals surface area (Å²) in [5, 5.41) is 7.49. The second-order valence-corrected chi connectivity index (χ2v) is 9.59. The zero-order valence-electron chi connectivity index (χ0n) is 19.7. The highest BCUT2D eigenvalue weighted by Gasteiger charge is 2.23. The van der Waals surface area contributed by atoms with Crippen molar-refractivity contribution in [2.24, 2.45) is 0 Å². The van der Waals surface area contributed by atoms with Crippen molar-refractivity contribution >= 4 is 45.7 Å². The maximum Gasteiger partial charge on any atom is 0.255 e. The first-order chi connectivity index (χ1) is 18.1. The molecule has 182 valence electrons. The van der Waals surface area contributed by atoms with Gasteiger partial charge in [-0.2, -0.15) is 0 Å². The highest BCUT2D eigenvalue weighted by molar-refractivity contribution is 8.00. The van der Waals surface area contributed by atoms with Crippen molar-refractivity contribution in [1.29, 1.82) is 0 Å². The van der Waals surface area contributed by atoms with E-state index in [9.17, 15) is 14.0 Å². The average Bonchev–Trinajstić information content (AvgIpc) is 2.93. The van der Waals surface area contributed by atoms with Crippen LogP contribution in [0, 0.1) is 5.82 Å². The number of thioether (sulfide) groups is 1. The summed E-state index contributed by atoms with van der Waals surface area (Å²) in [6.07, 6.45) is 0. The van der Waals surface area contributed by atoms with Gasteiger partial charge < -0.3 is 10.6 Å². The van der Waals surface area contributed by atoms with Crippen molar-refractivity contribution < 1.29 is 14.0 Å². The Morgan fingerprint density at radius 2 is 1.35 bits per heavy atom. The molecule has 0 aliphatic heterocycles. The van der Waals surface area contributed by atoms with E-state index in [2.05, 4.69) is 10.6 Å². The molecule has 0 aliphatic rings. The molecule has 5 aromatic carbocycles. The van der Waals surface area contributed by atoms with Crippen LogP contribution in [0.2, 0.25) is 0 Å². The summed E-state index contributed by atoms with van der Waals surface area (Å²) in [4.78, 5) is 26.9. The summed E-state index contributed by atoms with van der Waals surface area (Å²) in [6.45, 7) is 0. The van der Waals surface area contributed by atoms with Gasteiger partial charge in [-0.25, -0.2) is 4.39 Å². The first-order valence-corrected chi connectivity index (χ1v) is 12.6. The third kappa shape index (κ3) is 5.88. The number of anilines is 2. The molecular formula is C31H23FN2O2S. The molecule has 0 saturated heterocycles. The number of rotatable bonds is 7. The van der Waals surface area contributed by atoms with Crippen molar-refractivity contribution in [2.45, 2.75) is 10.1 Å². The van der Waals surface area contributed by atoms with E-state index in [0.717, 1.165) is 26.9 Å². The van der Waals surface area contributed by atoms with Crippen LogP contribution in [0.3, 0.4) is 0 Å². The Balaban J connectivity index is 1.34. The summed E-state index contributed by atoms with van der Waals surface area (Å²) in [6, 6.07) is 36.1. The summed E-state index contributed by atoms with van der Waals surface area (Å²) in [5.74, 6) is -0.839. The molecule has 0 aliphatic carbocycles. The zero-order chi connectivity index (χ0) is 25.6. The predicted octanol–water partition coefficient (Wildman–Crippen LogP) is 7.70. The number of carbonyl (C=O) groups excluding carboxylic acids is 2. The van der Waals surface area contributed by atoms with Crippen LogP contribution in [0.5, 0.6) is 0 Å². The number of nitrogens with one attached hydrogen (secondary N) is 2. The normalized spacial score (nSPS) is 11.6. The molecule has 0 fully saturated rings. The molecule has 0 heterocycles. The lowest BCUT2D eigenvalue weighted by atomic mass is 10.1. The molecule has 6 heteroatoms. The van der Waals surface area contributed by atoms with Gasteiger partial charge in [-0.1, -0.05) is 66.7 Å². The Morgan fingerprint density at radius 3 is 2.11 bits per heavy atom. The highest BCUT2D eigenvalue weighted by Crippen LogP contribution is 2.37.